The summed E-state index contributed by atoms with van der Waals surface area (Å²) in [7, 11) is 0. The van der Waals surface area contributed by atoms with Crippen LogP contribution in [0.1, 0.15) is 87.8 Å². The SMILES string of the molecule is C#CCCCON(C(=O)CCCC)C(CC(OC(C)=O)c1nc(C(=O)O)cs1)C(C)C. The first kappa shape index (κ1) is 26.6. The zero-order valence-corrected chi connectivity index (χ0v) is 19.4. The number of nitrogens with zero attached hydrogens (tertiary/aromatic N) is 2. The number of carboxylic acids is 1. The maximum Gasteiger partial charge on any atom is 0.355 e. The molecule has 0 spiro atoms. The fraction of sp³-hybridized carbons (Fsp3) is 0.636. The Bertz CT molecular complexity index is 770. The number of thiazole rings is 1. The number of amides is 1. The van der Waals surface area contributed by atoms with Crippen LogP contribution in [0.15, 0.2) is 5.38 Å². The van der Waals surface area contributed by atoms with Crippen LogP contribution in [0.2, 0.25) is 0 Å². The molecule has 0 aliphatic carbocycles. The monoisotopic (exact) mass is 452 g/mol. The summed E-state index contributed by atoms with van der Waals surface area (Å²) in [5, 5.41) is 12.3. The van der Waals surface area contributed by atoms with Crippen molar-refractivity contribution in [2.24, 2.45) is 5.92 Å². The summed E-state index contributed by atoms with van der Waals surface area (Å²) in [6.07, 6.45) is 7.83. The van der Waals surface area contributed by atoms with Crippen LogP contribution in [0.3, 0.4) is 0 Å². The molecule has 0 aliphatic heterocycles. The summed E-state index contributed by atoms with van der Waals surface area (Å²) < 4.78 is 5.46. The number of esters is 1. The van der Waals surface area contributed by atoms with E-state index in [4.69, 9.17) is 21.1 Å². The van der Waals surface area contributed by atoms with E-state index >= 15 is 0 Å². The third kappa shape index (κ3) is 9.07. The highest BCUT2D eigenvalue weighted by molar-refractivity contribution is 7.09. The molecule has 0 saturated carbocycles. The predicted octanol–water partition coefficient (Wildman–Crippen LogP) is 4.22. The van der Waals surface area contributed by atoms with Crippen molar-refractivity contribution in [2.75, 3.05) is 6.61 Å². The fourth-order valence-corrected chi connectivity index (χ4v) is 3.75. The van der Waals surface area contributed by atoms with Crippen molar-refractivity contribution in [1.82, 2.24) is 10.0 Å². The molecule has 0 fully saturated rings. The van der Waals surface area contributed by atoms with Gasteiger partial charge in [0.25, 0.3) is 0 Å². The molecule has 172 valence electrons. The summed E-state index contributed by atoms with van der Waals surface area (Å²) in [5.41, 5.74) is -0.111. The van der Waals surface area contributed by atoms with E-state index < -0.39 is 24.1 Å². The van der Waals surface area contributed by atoms with Crippen molar-refractivity contribution in [3.63, 3.8) is 0 Å². The molecule has 0 saturated heterocycles. The molecule has 0 radical (unpaired) electrons. The summed E-state index contributed by atoms with van der Waals surface area (Å²) >= 11 is 1.10. The Labute approximate surface area is 187 Å². The minimum absolute atomic E-state index is 0.0184. The van der Waals surface area contributed by atoms with Gasteiger partial charge in [-0.1, -0.05) is 27.2 Å². The largest absolute Gasteiger partial charge is 0.476 e. The van der Waals surface area contributed by atoms with Crippen molar-refractivity contribution in [1.29, 1.82) is 0 Å². The highest BCUT2D eigenvalue weighted by Crippen LogP contribution is 2.31. The number of carboxylic acid groups (broad SMARTS) is 1. The smallest absolute Gasteiger partial charge is 0.355 e. The molecule has 8 nitrogen and oxygen atoms in total. The second-order valence-electron chi connectivity index (χ2n) is 7.49. The number of hydrogen-bond acceptors (Lipinski definition) is 7. The Morgan fingerprint density at radius 1 is 1.32 bits per heavy atom. The number of carbonyl (C=O) groups excluding carboxylic acids is 2. The lowest BCUT2D eigenvalue weighted by Crippen LogP contribution is -2.44. The van der Waals surface area contributed by atoms with Gasteiger partial charge in [0.2, 0.25) is 5.91 Å². The van der Waals surface area contributed by atoms with E-state index in [9.17, 15) is 14.4 Å². The van der Waals surface area contributed by atoms with Crippen molar-refractivity contribution >= 4 is 29.2 Å². The van der Waals surface area contributed by atoms with Crippen molar-refractivity contribution in [3.8, 4) is 12.3 Å². The van der Waals surface area contributed by atoms with Crippen LogP contribution in [-0.2, 0) is 19.2 Å². The van der Waals surface area contributed by atoms with E-state index in [1.807, 2.05) is 20.8 Å². The minimum Gasteiger partial charge on any atom is -0.476 e. The number of unbranched alkanes of at least 4 members (excludes halogenated alkanes) is 2. The Hall–Kier alpha value is -2.44. The quantitative estimate of drug-likeness (QED) is 0.195. The van der Waals surface area contributed by atoms with Crippen LogP contribution >= 0.6 is 11.3 Å². The van der Waals surface area contributed by atoms with Crippen molar-refractivity contribution in [2.45, 2.75) is 78.4 Å². The number of hydroxylamine groups is 2. The fourth-order valence-electron chi connectivity index (χ4n) is 2.92. The molecule has 1 heterocycles. The molecule has 1 N–H and O–H groups in total. The van der Waals surface area contributed by atoms with Gasteiger partial charge in [-0.05, 0) is 18.8 Å². The van der Waals surface area contributed by atoms with Gasteiger partial charge in [0.1, 0.15) is 5.01 Å². The number of carbonyl (C=O) groups is 3. The molecular weight excluding hydrogens is 420 g/mol. The van der Waals surface area contributed by atoms with Gasteiger partial charge in [0, 0.05) is 31.6 Å². The van der Waals surface area contributed by atoms with Crippen LogP contribution in [-0.4, -0.2) is 45.6 Å². The van der Waals surface area contributed by atoms with Crippen LogP contribution < -0.4 is 0 Å². The number of aromatic nitrogens is 1. The molecule has 2 atom stereocenters. The third-order valence-electron chi connectivity index (χ3n) is 4.54. The van der Waals surface area contributed by atoms with Gasteiger partial charge in [0.05, 0.1) is 12.6 Å². The first-order valence-electron chi connectivity index (χ1n) is 10.5. The highest BCUT2D eigenvalue weighted by Gasteiger charge is 2.33. The van der Waals surface area contributed by atoms with Crippen LogP contribution in [0.25, 0.3) is 0 Å². The van der Waals surface area contributed by atoms with Crippen LogP contribution in [0, 0.1) is 18.3 Å². The maximum absolute atomic E-state index is 12.9. The molecule has 0 aliphatic rings. The second-order valence-corrected chi connectivity index (χ2v) is 8.37. The van der Waals surface area contributed by atoms with Gasteiger partial charge in [-0.15, -0.1) is 23.7 Å². The molecule has 0 aromatic carbocycles. The Morgan fingerprint density at radius 2 is 2.03 bits per heavy atom. The first-order valence-corrected chi connectivity index (χ1v) is 11.3. The lowest BCUT2D eigenvalue weighted by Gasteiger charge is -2.35. The summed E-state index contributed by atoms with van der Waals surface area (Å²) in [4.78, 5) is 45.8. The second kappa shape index (κ2) is 13.8. The first-order chi connectivity index (χ1) is 14.7. The van der Waals surface area contributed by atoms with Gasteiger partial charge in [0.15, 0.2) is 11.8 Å². The normalized spacial score (nSPS) is 12.8. The van der Waals surface area contributed by atoms with E-state index in [-0.39, 0.29) is 23.9 Å². The van der Waals surface area contributed by atoms with Gasteiger partial charge in [-0.25, -0.2) is 14.8 Å². The topological polar surface area (TPSA) is 106 Å². The lowest BCUT2D eigenvalue weighted by atomic mass is 9.97. The number of hydrogen-bond donors (Lipinski definition) is 1. The summed E-state index contributed by atoms with van der Waals surface area (Å²) in [5.74, 6) is 0.714. The Morgan fingerprint density at radius 3 is 2.55 bits per heavy atom. The van der Waals surface area contributed by atoms with Gasteiger partial charge < -0.3 is 9.84 Å². The number of ether oxygens (including phenoxy) is 1. The average Bonchev–Trinajstić information content (AvgIpc) is 3.20. The molecular formula is C22H32N2O6S. The van der Waals surface area contributed by atoms with E-state index in [2.05, 4.69) is 10.9 Å². The number of terminal acetylenes is 1. The molecule has 9 heteroatoms. The van der Waals surface area contributed by atoms with Crippen LogP contribution in [0.5, 0.6) is 0 Å². The Kier molecular flexibility index (Phi) is 11.8. The van der Waals surface area contributed by atoms with Crippen LogP contribution in [0.4, 0.5) is 0 Å². The van der Waals surface area contributed by atoms with Crippen molar-refractivity contribution in [3.05, 3.63) is 16.1 Å². The van der Waals surface area contributed by atoms with Gasteiger partial charge in [-0.3, -0.25) is 14.4 Å². The summed E-state index contributed by atoms with van der Waals surface area (Å²) in [6, 6.07) is -0.406. The molecule has 1 aromatic rings. The molecule has 2 unspecified atom stereocenters. The van der Waals surface area contributed by atoms with E-state index in [0.717, 1.165) is 24.2 Å². The minimum atomic E-state index is -1.15. The van der Waals surface area contributed by atoms with Gasteiger partial charge in [-0.2, -0.15) is 0 Å². The van der Waals surface area contributed by atoms with E-state index in [0.29, 0.717) is 30.9 Å². The molecule has 1 aromatic heterocycles. The maximum atomic E-state index is 12.9. The molecule has 31 heavy (non-hydrogen) atoms. The molecule has 0 bridgehead atoms. The average molecular weight is 453 g/mol. The zero-order valence-electron chi connectivity index (χ0n) is 18.6. The van der Waals surface area contributed by atoms with Gasteiger partial charge >= 0.3 is 11.9 Å². The van der Waals surface area contributed by atoms with E-state index in [1.165, 1.54) is 17.4 Å². The standard InChI is InChI=1S/C22H32N2O6S/c1-6-8-10-12-29-24(20(26)11-9-7-2)18(15(3)4)13-19(30-16(5)25)21-23-17(14-31-21)22(27)28/h1,14-15,18-19H,7-13H2,2-5H3,(H,27,28). The molecule has 1 amide bonds. The predicted molar refractivity (Wildman–Crippen MR) is 117 cm³/mol. The third-order valence-corrected chi connectivity index (χ3v) is 5.47. The number of rotatable bonds is 14. The summed E-state index contributed by atoms with van der Waals surface area (Å²) in [6.45, 7) is 7.48. The highest BCUT2D eigenvalue weighted by atomic mass is 32.1. The Balaban J connectivity index is 3.15. The van der Waals surface area contributed by atoms with E-state index in [1.54, 1.807) is 0 Å². The molecule has 1 rings (SSSR count). The lowest BCUT2D eigenvalue weighted by molar-refractivity contribution is -0.210. The number of aromatic carboxylic acids is 1. The zero-order chi connectivity index (χ0) is 23.4. The van der Waals surface area contributed by atoms with Crippen molar-refractivity contribution < 1.29 is 29.1 Å².